The molecule has 0 amide bonds. The lowest BCUT2D eigenvalue weighted by atomic mass is 9.78. The molecule has 0 aromatic carbocycles. The number of hydrogen-bond acceptors (Lipinski definition) is 3. The first-order valence-corrected chi connectivity index (χ1v) is 7.26. The van der Waals surface area contributed by atoms with Crippen molar-refractivity contribution >= 4 is 12.6 Å². The van der Waals surface area contributed by atoms with Crippen molar-refractivity contribution in [3.63, 3.8) is 0 Å². The minimum Gasteiger partial charge on any atom is -0.399 e. The summed E-state index contributed by atoms with van der Waals surface area (Å²) in [6, 6.07) is 6.05. The third-order valence-corrected chi connectivity index (χ3v) is 4.39. The van der Waals surface area contributed by atoms with Crippen LogP contribution in [0.5, 0.6) is 0 Å². The number of rotatable bonds is 2. The molecule has 0 spiro atoms. The summed E-state index contributed by atoms with van der Waals surface area (Å²) < 4.78 is 14.3. The number of aryl methyl sites for hydroxylation is 1. The fourth-order valence-corrected chi connectivity index (χ4v) is 2.42. The van der Waals surface area contributed by atoms with Gasteiger partial charge in [-0.15, -0.1) is 0 Å². The normalized spacial score (nSPS) is 20.0. The van der Waals surface area contributed by atoms with Crippen LogP contribution < -0.4 is 5.46 Å². The predicted molar refractivity (Wildman–Crippen MR) is 84.0 cm³/mol. The Hall–Kier alpha value is -1.59. The predicted octanol–water partition coefficient (Wildman–Crippen LogP) is 2.48. The SMILES string of the molecule is Cc1cnc(-n2cccc2)c(B2OC(C)(C)C(C)(C)O2)c1. The van der Waals surface area contributed by atoms with Gasteiger partial charge in [-0.05, 0) is 52.3 Å². The molecule has 1 saturated heterocycles. The van der Waals surface area contributed by atoms with Crippen LogP contribution in [0.3, 0.4) is 0 Å². The Bertz CT molecular complexity index is 634. The molecule has 0 aliphatic carbocycles. The lowest BCUT2D eigenvalue weighted by Gasteiger charge is -2.32. The van der Waals surface area contributed by atoms with Crippen LogP contribution in [-0.4, -0.2) is 27.9 Å². The van der Waals surface area contributed by atoms with E-state index in [0.717, 1.165) is 16.8 Å². The highest BCUT2D eigenvalue weighted by atomic mass is 16.7. The van der Waals surface area contributed by atoms with E-state index in [1.54, 1.807) is 0 Å². The Kier molecular flexibility index (Phi) is 3.22. The second kappa shape index (κ2) is 4.72. The fraction of sp³-hybridized carbons (Fsp3) is 0.438. The van der Waals surface area contributed by atoms with Crippen molar-refractivity contribution in [3.05, 3.63) is 42.4 Å². The van der Waals surface area contributed by atoms with Crippen LogP contribution in [0.2, 0.25) is 0 Å². The van der Waals surface area contributed by atoms with E-state index in [1.807, 2.05) is 42.2 Å². The van der Waals surface area contributed by atoms with Crippen molar-refractivity contribution < 1.29 is 9.31 Å². The van der Waals surface area contributed by atoms with Gasteiger partial charge in [0, 0.05) is 24.1 Å². The van der Waals surface area contributed by atoms with Crippen molar-refractivity contribution in [1.29, 1.82) is 0 Å². The molecule has 0 unspecified atom stereocenters. The average Bonchev–Trinajstić information content (AvgIpc) is 2.97. The minimum atomic E-state index is -0.403. The maximum atomic E-state index is 6.17. The molecule has 1 aliphatic heterocycles. The third kappa shape index (κ3) is 2.41. The van der Waals surface area contributed by atoms with E-state index < -0.39 is 7.12 Å². The van der Waals surface area contributed by atoms with E-state index in [-0.39, 0.29) is 11.2 Å². The standard InChI is InChI=1S/C16H21BN2O2/c1-12-10-13(14(18-11-12)19-8-6-7-9-19)17-20-15(2,3)16(4,5)21-17/h6-11H,1-5H3. The molecular formula is C16H21BN2O2. The van der Waals surface area contributed by atoms with Gasteiger partial charge in [-0.2, -0.15) is 0 Å². The Morgan fingerprint density at radius 3 is 2.19 bits per heavy atom. The molecule has 0 saturated carbocycles. The van der Waals surface area contributed by atoms with Crippen LogP contribution >= 0.6 is 0 Å². The molecule has 1 aliphatic rings. The molecule has 3 rings (SSSR count). The van der Waals surface area contributed by atoms with Crippen LogP contribution in [0.1, 0.15) is 33.3 Å². The Morgan fingerprint density at radius 2 is 1.62 bits per heavy atom. The molecule has 110 valence electrons. The van der Waals surface area contributed by atoms with E-state index in [4.69, 9.17) is 9.31 Å². The van der Waals surface area contributed by atoms with Crippen molar-refractivity contribution in [2.75, 3.05) is 0 Å². The van der Waals surface area contributed by atoms with Crippen LogP contribution in [0.25, 0.3) is 5.82 Å². The molecule has 0 atom stereocenters. The van der Waals surface area contributed by atoms with Gasteiger partial charge in [0.1, 0.15) is 5.82 Å². The van der Waals surface area contributed by atoms with Gasteiger partial charge in [0.25, 0.3) is 0 Å². The van der Waals surface area contributed by atoms with E-state index in [2.05, 4.69) is 38.7 Å². The third-order valence-electron chi connectivity index (χ3n) is 4.39. The zero-order chi connectivity index (χ0) is 15.3. The molecule has 5 heteroatoms. The molecular weight excluding hydrogens is 263 g/mol. The zero-order valence-electron chi connectivity index (χ0n) is 13.3. The van der Waals surface area contributed by atoms with Gasteiger partial charge in [-0.25, -0.2) is 4.98 Å². The summed E-state index contributed by atoms with van der Waals surface area (Å²) in [5.74, 6) is 0.851. The maximum absolute atomic E-state index is 6.17. The van der Waals surface area contributed by atoms with Crippen molar-refractivity contribution in [2.24, 2.45) is 0 Å². The smallest absolute Gasteiger partial charge is 0.399 e. The van der Waals surface area contributed by atoms with Gasteiger partial charge in [-0.3, -0.25) is 0 Å². The maximum Gasteiger partial charge on any atom is 0.498 e. The zero-order valence-corrected chi connectivity index (χ0v) is 13.3. The summed E-state index contributed by atoms with van der Waals surface area (Å²) in [4.78, 5) is 4.56. The van der Waals surface area contributed by atoms with Gasteiger partial charge >= 0.3 is 7.12 Å². The van der Waals surface area contributed by atoms with Gasteiger partial charge in [0.05, 0.1) is 11.2 Å². The van der Waals surface area contributed by atoms with Gasteiger partial charge in [0.15, 0.2) is 0 Å². The van der Waals surface area contributed by atoms with Crippen LogP contribution in [0.4, 0.5) is 0 Å². The molecule has 0 bridgehead atoms. The first-order valence-electron chi connectivity index (χ1n) is 7.26. The number of pyridine rings is 1. The summed E-state index contributed by atoms with van der Waals surface area (Å²) in [7, 11) is -0.403. The fourth-order valence-electron chi connectivity index (χ4n) is 2.42. The second-order valence-electron chi connectivity index (χ2n) is 6.60. The molecule has 1 fully saturated rings. The molecule has 21 heavy (non-hydrogen) atoms. The van der Waals surface area contributed by atoms with E-state index in [1.165, 1.54) is 0 Å². The van der Waals surface area contributed by atoms with Gasteiger partial charge in [-0.1, -0.05) is 6.07 Å². The van der Waals surface area contributed by atoms with Crippen LogP contribution in [-0.2, 0) is 9.31 Å². The summed E-state index contributed by atoms with van der Waals surface area (Å²) >= 11 is 0. The average molecular weight is 284 g/mol. The Labute approximate surface area is 126 Å². The molecule has 2 aromatic heterocycles. The lowest BCUT2D eigenvalue weighted by molar-refractivity contribution is 0.00578. The van der Waals surface area contributed by atoms with Gasteiger partial charge < -0.3 is 13.9 Å². The number of aromatic nitrogens is 2. The van der Waals surface area contributed by atoms with Crippen molar-refractivity contribution in [1.82, 2.24) is 9.55 Å². The first-order chi connectivity index (χ1) is 9.80. The summed E-state index contributed by atoms with van der Waals surface area (Å²) in [5.41, 5.74) is 1.35. The minimum absolute atomic E-state index is 0.352. The lowest BCUT2D eigenvalue weighted by Crippen LogP contribution is -2.41. The molecule has 3 heterocycles. The first kappa shape index (κ1) is 14.4. The Morgan fingerprint density at radius 1 is 1.05 bits per heavy atom. The number of hydrogen-bond donors (Lipinski definition) is 0. The molecule has 2 aromatic rings. The van der Waals surface area contributed by atoms with E-state index in [0.29, 0.717) is 0 Å². The molecule has 0 N–H and O–H groups in total. The highest BCUT2D eigenvalue weighted by molar-refractivity contribution is 6.63. The molecule has 4 nitrogen and oxygen atoms in total. The number of nitrogens with zero attached hydrogens (tertiary/aromatic N) is 2. The molecule has 0 radical (unpaired) electrons. The summed E-state index contributed by atoms with van der Waals surface area (Å²) in [5, 5.41) is 0. The topological polar surface area (TPSA) is 36.3 Å². The van der Waals surface area contributed by atoms with E-state index >= 15 is 0 Å². The quantitative estimate of drug-likeness (QED) is 0.795. The van der Waals surface area contributed by atoms with Crippen molar-refractivity contribution in [2.45, 2.75) is 45.8 Å². The monoisotopic (exact) mass is 284 g/mol. The van der Waals surface area contributed by atoms with Crippen molar-refractivity contribution in [3.8, 4) is 5.82 Å². The second-order valence-corrected chi connectivity index (χ2v) is 6.60. The van der Waals surface area contributed by atoms with Crippen LogP contribution in [0, 0.1) is 6.92 Å². The summed E-state index contributed by atoms with van der Waals surface area (Å²) in [6.45, 7) is 10.3. The van der Waals surface area contributed by atoms with E-state index in [9.17, 15) is 0 Å². The van der Waals surface area contributed by atoms with Gasteiger partial charge in [0.2, 0.25) is 0 Å². The summed E-state index contributed by atoms with van der Waals surface area (Å²) in [6.07, 6.45) is 5.82. The largest absolute Gasteiger partial charge is 0.498 e. The highest BCUT2D eigenvalue weighted by Crippen LogP contribution is 2.36. The Balaban J connectivity index is 2.05. The van der Waals surface area contributed by atoms with Crippen LogP contribution in [0.15, 0.2) is 36.8 Å². The highest BCUT2D eigenvalue weighted by Gasteiger charge is 2.52.